The van der Waals surface area contributed by atoms with E-state index in [1.165, 1.54) is 16.4 Å². The molecule has 0 radical (unpaired) electrons. The Bertz CT molecular complexity index is 1060. The van der Waals surface area contributed by atoms with Crippen LogP contribution in [0.15, 0.2) is 47.4 Å². The first-order valence-corrected chi connectivity index (χ1v) is 12.1. The fraction of sp³-hybridized carbons (Fsp3) is 0.435. The summed E-state index contributed by atoms with van der Waals surface area (Å²) >= 11 is 0. The number of benzene rings is 2. The number of hydrogen-bond donors (Lipinski definition) is 1. The van der Waals surface area contributed by atoms with Crippen LogP contribution in [0.2, 0.25) is 0 Å². The molecule has 8 heteroatoms. The Balaban J connectivity index is 1.55. The highest BCUT2D eigenvalue weighted by atomic mass is 32.2. The van der Waals surface area contributed by atoms with E-state index in [1.54, 1.807) is 30.3 Å². The van der Waals surface area contributed by atoms with E-state index >= 15 is 0 Å². The van der Waals surface area contributed by atoms with E-state index in [4.69, 9.17) is 0 Å². The second-order valence-electron chi connectivity index (χ2n) is 8.53. The molecular weight excluding hydrogens is 417 g/mol. The second kappa shape index (κ2) is 8.59. The molecule has 166 valence electrons. The fourth-order valence-electron chi connectivity index (χ4n) is 4.21. The highest BCUT2D eigenvalue weighted by molar-refractivity contribution is 7.89. The fourth-order valence-corrected chi connectivity index (χ4v) is 5.75. The Morgan fingerprint density at radius 2 is 1.74 bits per heavy atom. The third-order valence-corrected chi connectivity index (χ3v) is 7.98. The highest BCUT2D eigenvalue weighted by Gasteiger charge is 2.44. The largest absolute Gasteiger partial charge is 0.376 e. The van der Waals surface area contributed by atoms with Gasteiger partial charge in [0.05, 0.1) is 16.3 Å². The van der Waals surface area contributed by atoms with Crippen LogP contribution in [-0.2, 0) is 14.8 Å². The van der Waals surface area contributed by atoms with Gasteiger partial charge in [0.2, 0.25) is 15.9 Å². The number of rotatable bonds is 6. The molecule has 2 unspecified atom stereocenters. The first-order chi connectivity index (χ1) is 14.8. The Morgan fingerprint density at radius 1 is 1.06 bits per heavy atom. The molecule has 1 amide bonds. The normalized spacial score (nSPS) is 21.5. The summed E-state index contributed by atoms with van der Waals surface area (Å²) in [5, 5.41) is 2.94. The van der Waals surface area contributed by atoms with Gasteiger partial charge < -0.3 is 10.2 Å². The number of halogens is 1. The molecule has 2 aromatic rings. The lowest BCUT2D eigenvalue weighted by atomic mass is 10.1. The number of amides is 1. The van der Waals surface area contributed by atoms with Crippen molar-refractivity contribution in [3.05, 3.63) is 53.8 Å². The minimum Gasteiger partial charge on any atom is -0.376 e. The predicted molar refractivity (Wildman–Crippen MR) is 119 cm³/mol. The summed E-state index contributed by atoms with van der Waals surface area (Å²) in [6, 6.07) is 11.1. The average Bonchev–Trinajstić information content (AvgIpc) is 3.56. The van der Waals surface area contributed by atoms with Crippen LogP contribution in [-0.4, -0.2) is 45.8 Å². The summed E-state index contributed by atoms with van der Waals surface area (Å²) in [5.74, 6) is -0.593. The molecule has 1 aliphatic heterocycles. The number of nitrogens with one attached hydrogen (secondary N) is 1. The summed E-state index contributed by atoms with van der Waals surface area (Å²) in [6.45, 7) is 1.06. The van der Waals surface area contributed by atoms with Gasteiger partial charge in [0, 0.05) is 33.1 Å². The molecule has 6 nitrogen and oxygen atoms in total. The summed E-state index contributed by atoms with van der Waals surface area (Å²) < 4.78 is 40.9. The number of piperidine rings is 1. The molecule has 2 fully saturated rings. The molecular formula is C23H28FN3O3S. The Hall–Kier alpha value is -2.45. The molecule has 4 rings (SSSR count). The van der Waals surface area contributed by atoms with Crippen molar-refractivity contribution in [3.63, 3.8) is 0 Å². The molecule has 1 saturated heterocycles. The SMILES string of the molecule is CN(C)c1ccc(S(=O)(=O)N2CCCCC2)cc1NC(=O)C1CC1c1ccc(F)cc1. The first kappa shape index (κ1) is 21.8. The zero-order chi connectivity index (χ0) is 22.2. The van der Waals surface area contributed by atoms with Gasteiger partial charge in [0.1, 0.15) is 5.82 Å². The van der Waals surface area contributed by atoms with Gasteiger partial charge in [-0.05, 0) is 61.1 Å². The molecule has 0 bridgehead atoms. The van der Waals surface area contributed by atoms with Crippen molar-refractivity contribution in [2.75, 3.05) is 37.4 Å². The van der Waals surface area contributed by atoms with Gasteiger partial charge in [0.15, 0.2) is 0 Å². The lowest BCUT2D eigenvalue weighted by Crippen LogP contribution is -2.35. The zero-order valence-electron chi connectivity index (χ0n) is 17.8. The van der Waals surface area contributed by atoms with Crippen LogP contribution < -0.4 is 10.2 Å². The predicted octanol–water partition coefficient (Wildman–Crippen LogP) is 3.81. The minimum atomic E-state index is -3.60. The molecule has 2 atom stereocenters. The van der Waals surface area contributed by atoms with Crippen molar-refractivity contribution in [2.45, 2.75) is 36.5 Å². The van der Waals surface area contributed by atoms with Crippen LogP contribution in [0.3, 0.4) is 0 Å². The van der Waals surface area contributed by atoms with Gasteiger partial charge in [-0.15, -0.1) is 0 Å². The van der Waals surface area contributed by atoms with Crippen molar-refractivity contribution >= 4 is 27.3 Å². The summed E-state index contributed by atoms with van der Waals surface area (Å²) in [4.78, 5) is 14.9. The standard InChI is InChI=1S/C23H28FN3O3S/c1-26(2)22-11-10-18(31(29,30)27-12-4-3-5-13-27)14-21(22)25-23(28)20-15-19(20)16-6-8-17(24)9-7-16/h6-11,14,19-20H,3-5,12-13,15H2,1-2H3,(H,25,28). The lowest BCUT2D eigenvalue weighted by Gasteiger charge is -2.26. The van der Waals surface area contributed by atoms with Crippen LogP contribution in [0.5, 0.6) is 0 Å². The monoisotopic (exact) mass is 445 g/mol. The van der Waals surface area contributed by atoms with Crippen LogP contribution in [0.4, 0.5) is 15.8 Å². The van der Waals surface area contributed by atoms with E-state index in [2.05, 4.69) is 5.32 Å². The molecule has 0 aromatic heterocycles. The number of carbonyl (C=O) groups excluding carboxylic acids is 1. The van der Waals surface area contributed by atoms with Crippen molar-refractivity contribution in [2.24, 2.45) is 5.92 Å². The minimum absolute atomic E-state index is 0.0590. The second-order valence-corrected chi connectivity index (χ2v) is 10.5. The molecule has 2 aromatic carbocycles. The van der Waals surface area contributed by atoms with Gasteiger partial charge in [-0.1, -0.05) is 18.6 Å². The van der Waals surface area contributed by atoms with Crippen LogP contribution >= 0.6 is 0 Å². The maximum absolute atomic E-state index is 13.2. The number of hydrogen-bond acceptors (Lipinski definition) is 4. The van der Waals surface area contributed by atoms with E-state index < -0.39 is 10.0 Å². The first-order valence-electron chi connectivity index (χ1n) is 10.7. The quantitative estimate of drug-likeness (QED) is 0.734. The van der Waals surface area contributed by atoms with Gasteiger partial charge in [-0.3, -0.25) is 4.79 Å². The highest BCUT2D eigenvalue weighted by Crippen LogP contribution is 2.48. The van der Waals surface area contributed by atoms with E-state index in [1.807, 2.05) is 19.0 Å². The van der Waals surface area contributed by atoms with E-state index in [0.29, 0.717) is 25.2 Å². The summed E-state index contributed by atoms with van der Waals surface area (Å²) in [7, 11) is 0.102. The topological polar surface area (TPSA) is 69.7 Å². The van der Waals surface area contributed by atoms with Crippen molar-refractivity contribution in [3.8, 4) is 0 Å². The van der Waals surface area contributed by atoms with Gasteiger partial charge >= 0.3 is 0 Å². The lowest BCUT2D eigenvalue weighted by molar-refractivity contribution is -0.117. The van der Waals surface area contributed by atoms with Crippen molar-refractivity contribution < 1.29 is 17.6 Å². The summed E-state index contributed by atoms with van der Waals surface area (Å²) in [5.41, 5.74) is 2.17. The van der Waals surface area contributed by atoms with Crippen LogP contribution in [0.25, 0.3) is 0 Å². The van der Waals surface area contributed by atoms with E-state index in [0.717, 1.165) is 30.5 Å². The van der Waals surface area contributed by atoms with Gasteiger partial charge in [0.25, 0.3) is 0 Å². The van der Waals surface area contributed by atoms with Crippen molar-refractivity contribution in [1.29, 1.82) is 0 Å². The number of carbonyl (C=O) groups is 1. The molecule has 1 N–H and O–H groups in total. The molecule has 2 aliphatic rings. The Labute approximate surface area is 183 Å². The molecule has 31 heavy (non-hydrogen) atoms. The maximum atomic E-state index is 13.2. The van der Waals surface area contributed by atoms with E-state index in [9.17, 15) is 17.6 Å². The number of anilines is 2. The molecule has 0 spiro atoms. The van der Waals surface area contributed by atoms with Gasteiger partial charge in [-0.2, -0.15) is 4.31 Å². The Kier molecular flexibility index (Phi) is 6.03. The number of sulfonamides is 1. The number of nitrogens with zero attached hydrogens (tertiary/aromatic N) is 2. The third-order valence-electron chi connectivity index (χ3n) is 6.09. The van der Waals surface area contributed by atoms with Gasteiger partial charge in [-0.25, -0.2) is 12.8 Å². The summed E-state index contributed by atoms with van der Waals surface area (Å²) in [6.07, 6.45) is 3.47. The van der Waals surface area contributed by atoms with Crippen molar-refractivity contribution in [1.82, 2.24) is 4.31 Å². The molecule has 1 saturated carbocycles. The zero-order valence-corrected chi connectivity index (χ0v) is 18.7. The smallest absolute Gasteiger partial charge is 0.243 e. The third kappa shape index (κ3) is 4.60. The molecule has 1 aliphatic carbocycles. The Morgan fingerprint density at radius 3 is 2.39 bits per heavy atom. The van der Waals surface area contributed by atoms with Crippen LogP contribution in [0, 0.1) is 11.7 Å². The van der Waals surface area contributed by atoms with E-state index in [-0.39, 0.29) is 28.5 Å². The average molecular weight is 446 g/mol. The molecule has 1 heterocycles. The maximum Gasteiger partial charge on any atom is 0.243 e. The van der Waals surface area contributed by atoms with Crippen LogP contribution in [0.1, 0.15) is 37.2 Å².